The third-order valence-corrected chi connectivity index (χ3v) is 5.18. The number of carbonyl (C=O) groups excluding carboxylic acids is 1. The van der Waals surface area contributed by atoms with Crippen LogP contribution in [-0.4, -0.2) is 43.5 Å². The summed E-state index contributed by atoms with van der Waals surface area (Å²) >= 11 is 6.16. The minimum absolute atomic E-state index is 0.0740. The van der Waals surface area contributed by atoms with Crippen molar-refractivity contribution in [2.75, 3.05) is 42.9 Å². The average molecular weight is 390 g/mol. The van der Waals surface area contributed by atoms with Crippen LogP contribution in [0.3, 0.4) is 0 Å². The van der Waals surface area contributed by atoms with E-state index in [9.17, 15) is 9.18 Å². The van der Waals surface area contributed by atoms with E-state index in [1.807, 2.05) is 12.1 Å². The number of amides is 1. The number of anilines is 2. The second-order valence-corrected chi connectivity index (χ2v) is 7.19. The highest BCUT2D eigenvalue weighted by atomic mass is 35.5. The quantitative estimate of drug-likeness (QED) is 0.804. The summed E-state index contributed by atoms with van der Waals surface area (Å²) in [4.78, 5) is 17.1. The highest BCUT2D eigenvalue weighted by Crippen LogP contribution is 2.30. The summed E-state index contributed by atoms with van der Waals surface area (Å²) in [6, 6.07) is 11.9. The molecule has 3 rings (SSSR count). The number of nitrogens with one attached hydrogen (secondary N) is 1. The molecular formula is C21H25ClFN3O. The number of likely N-dealkylation sites (N-methyl/N-ethyl adjacent to an activating group) is 1. The number of carbonyl (C=O) groups is 1. The predicted molar refractivity (Wildman–Crippen MR) is 109 cm³/mol. The summed E-state index contributed by atoms with van der Waals surface area (Å²) < 4.78 is 13.0. The fourth-order valence-corrected chi connectivity index (χ4v) is 3.48. The lowest BCUT2D eigenvalue weighted by Crippen LogP contribution is -2.46. The van der Waals surface area contributed by atoms with Gasteiger partial charge in [-0.05, 0) is 48.9 Å². The van der Waals surface area contributed by atoms with Gasteiger partial charge in [0.1, 0.15) is 5.82 Å². The van der Waals surface area contributed by atoms with Crippen molar-refractivity contribution in [3.8, 4) is 0 Å². The van der Waals surface area contributed by atoms with E-state index in [0.29, 0.717) is 17.9 Å². The standard InChI is InChI=1S/C21H25ClFN3O/c1-2-25-11-13-26(14-12-25)20-9-6-17(22)15-19(20)24-21(27)10-5-16-3-7-18(23)8-4-16/h3-4,6-9,15H,2,5,10-14H2,1H3,(H,24,27). The fraction of sp³-hybridized carbons (Fsp3) is 0.381. The lowest BCUT2D eigenvalue weighted by atomic mass is 10.1. The maximum Gasteiger partial charge on any atom is 0.224 e. The van der Waals surface area contributed by atoms with Gasteiger partial charge in [-0.15, -0.1) is 0 Å². The zero-order valence-electron chi connectivity index (χ0n) is 15.5. The van der Waals surface area contributed by atoms with Crippen molar-refractivity contribution in [3.05, 3.63) is 58.9 Å². The number of benzene rings is 2. The minimum Gasteiger partial charge on any atom is -0.367 e. The molecule has 0 aromatic heterocycles. The summed E-state index contributed by atoms with van der Waals surface area (Å²) in [6.07, 6.45) is 0.901. The summed E-state index contributed by atoms with van der Waals surface area (Å²) in [5.41, 5.74) is 2.69. The average Bonchev–Trinajstić information content (AvgIpc) is 2.68. The Balaban J connectivity index is 1.64. The lowest BCUT2D eigenvalue weighted by Gasteiger charge is -2.36. The van der Waals surface area contributed by atoms with Gasteiger partial charge in [0, 0.05) is 37.6 Å². The van der Waals surface area contributed by atoms with Crippen LogP contribution in [-0.2, 0) is 11.2 Å². The Bertz CT molecular complexity index is 773. The fourth-order valence-electron chi connectivity index (χ4n) is 3.31. The van der Waals surface area contributed by atoms with Crippen molar-refractivity contribution in [1.82, 2.24) is 4.90 Å². The van der Waals surface area contributed by atoms with Gasteiger partial charge in [-0.3, -0.25) is 4.79 Å². The van der Waals surface area contributed by atoms with Crippen LogP contribution in [0.25, 0.3) is 0 Å². The van der Waals surface area contributed by atoms with E-state index in [4.69, 9.17) is 11.6 Å². The summed E-state index contributed by atoms with van der Waals surface area (Å²) in [5.74, 6) is -0.343. The van der Waals surface area contributed by atoms with Gasteiger partial charge < -0.3 is 15.1 Å². The molecular weight excluding hydrogens is 365 g/mol. The van der Waals surface area contributed by atoms with Gasteiger partial charge in [-0.2, -0.15) is 0 Å². The van der Waals surface area contributed by atoms with Crippen molar-refractivity contribution in [1.29, 1.82) is 0 Å². The minimum atomic E-state index is -0.269. The van der Waals surface area contributed by atoms with Crippen molar-refractivity contribution in [2.24, 2.45) is 0 Å². The molecule has 1 aliphatic heterocycles. The van der Waals surface area contributed by atoms with Crippen LogP contribution in [0.1, 0.15) is 18.9 Å². The monoisotopic (exact) mass is 389 g/mol. The Kier molecular flexibility index (Phi) is 6.69. The Labute approximate surface area is 164 Å². The molecule has 1 heterocycles. The van der Waals surface area contributed by atoms with Gasteiger partial charge in [-0.25, -0.2) is 4.39 Å². The van der Waals surface area contributed by atoms with Gasteiger partial charge >= 0.3 is 0 Å². The van der Waals surface area contributed by atoms with Crippen LogP contribution in [0.4, 0.5) is 15.8 Å². The Morgan fingerprint density at radius 1 is 1.11 bits per heavy atom. The number of halogens is 2. The van der Waals surface area contributed by atoms with Gasteiger partial charge in [0.05, 0.1) is 11.4 Å². The molecule has 1 aliphatic rings. The molecule has 0 aliphatic carbocycles. The zero-order valence-corrected chi connectivity index (χ0v) is 16.3. The van der Waals surface area contributed by atoms with E-state index in [1.54, 1.807) is 18.2 Å². The van der Waals surface area contributed by atoms with E-state index >= 15 is 0 Å². The summed E-state index contributed by atoms with van der Waals surface area (Å²) in [5, 5.41) is 3.60. The van der Waals surface area contributed by atoms with E-state index < -0.39 is 0 Å². The van der Waals surface area contributed by atoms with Gasteiger partial charge in [-0.1, -0.05) is 30.7 Å². The topological polar surface area (TPSA) is 35.6 Å². The van der Waals surface area contributed by atoms with Crippen LogP contribution < -0.4 is 10.2 Å². The van der Waals surface area contributed by atoms with Gasteiger partial charge in [0.15, 0.2) is 0 Å². The summed E-state index contributed by atoms with van der Waals surface area (Å²) in [6.45, 7) is 7.10. The van der Waals surface area contributed by atoms with E-state index in [0.717, 1.165) is 49.7 Å². The van der Waals surface area contributed by atoms with Crippen LogP contribution in [0, 0.1) is 5.82 Å². The molecule has 2 aromatic carbocycles. The van der Waals surface area contributed by atoms with Crippen LogP contribution >= 0.6 is 11.6 Å². The van der Waals surface area contributed by atoms with E-state index in [2.05, 4.69) is 22.0 Å². The predicted octanol–water partition coefficient (Wildman–Crippen LogP) is 4.19. The van der Waals surface area contributed by atoms with E-state index in [-0.39, 0.29) is 11.7 Å². The third kappa shape index (κ3) is 5.44. The van der Waals surface area contributed by atoms with Gasteiger partial charge in [0.25, 0.3) is 0 Å². The Hall–Kier alpha value is -2.11. The molecule has 2 aromatic rings. The first kappa shape index (κ1) is 19.6. The molecule has 1 fully saturated rings. The molecule has 0 bridgehead atoms. The largest absolute Gasteiger partial charge is 0.367 e. The molecule has 0 radical (unpaired) electrons. The molecule has 1 saturated heterocycles. The molecule has 144 valence electrons. The number of piperazine rings is 1. The van der Waals surface area contributed by atoms with Crippen molar-refractivity contribution < 1.29 is 9.18 Å². The number of hydrogen-bond donors (Lipinski definition) is 1. The molecule has 0 spiro atoms. The maximum absolute atomic E-state index is 13.0. The summed E-state index contributed by atoms with van der Waals surface area (Å²) in [7, 11) is 0. The molecule has 1 N–H and O–H groups in total. The molecule has 0 atom stereocenters. The van der Waals surface area contributed by atoms with Crippen LogP contribution in [0.2, 0.25) is 5.02 Å². The normalized spacial score (nSPS) is 15.0. The highest BCUT2D eigenvalue weighted by Gasteiger charge is 2.19. The molecule has 4 nitrogen and oxygen atoms in total. The molecule has 1 amide bonds. The SMILES string of the molecule is CCN1CCN(c2ccc(Cl)cc2NC(=O)CCc2ccc(F)cc2)CC1. The maximum atomic E-state index is 13.0. The molecule has 27 heavy (non-hydrogen) atoms. The third-order valence-electron chi connectivity index (χ3n) is 4.95. The van der Waals surface area contributed by atoms with Crippen molar-refractivity contribution in [2.45, 2.75) is 19.8 Å². The van der Waals surface area contributed by atoms with Crippen LogP contribution in [0.15, 0.2) is 42.5 Å². The van der Waals surface area contributed by atoms with Crippen molar-refractivity contribution >= 4 is 28.9 Å². The zero-order chi connectivity index (χ0) is 19.2. The Morgan fingerprint density at radius 3 is 2.48 bits per heavy atom. The number of rotatable bonds is 6. The smallest absolute Gasteiger partial charge is 0.224 e. The molecule has 0 unspecified atom stereocenters. The number of nitrogens with zero attached hydrogens (tertiary/aromatic N) is 2. The first-order valence-electron chi connectivity index (χ1n) is 9.36. The first-order chi connectivity index (χ1) is 13.0. The first-order valence-corrected chi connectivity index (χ1v) is 9.74. The highest BCUT2D eigenvalue weighted by molar-refractivity contribution is 6.31. The molecule has 0 saturated carbocycles. The number of hydrogen-bond acceptors (Lipinski definition) is 3. The second kappa shape index (κ2) is 9.20. The van der Waals surface area contributed by atoms with Crippen molar-refractivity contribution in [3.63, 3.8) is 0 Å². The Morgan fingerprint density at radius 2 is 1.81 bits per heavy atom. The van der Waals surface area contributed by atoms with Gasteiger partial charge in [0.2, 0.25) is 5.91 Å². The molecule has 6 heteroatoms. The van der Waals surface area contributed by atoms with E-state index in [1.165, 1.54) is 12.1 Å². The lowest BCUT2D eigenvalue weighted by molar-refractivity contribution is -0.116. The van der Waals surface area contributed by atoms with Crippen LogP contribution in [0.5, 0.6) is 0 Å². The second-order valence-electron chi connectivity index (χ2n) is 6.76. The number of aryl methyl sites for hydroxylation is 1.